The molecule has 28 heavy (non-hydrogen) atoms. The number of aliphatic imine (C=N–C) groups is 1. The number of nitro groups is 1. The summed E-state index contributed by atoms with van der Waals surface area (Å²) in [5.74, 6) is -0.305. The topological polar surface area (TPSA) is 81.8 Å². The van der Waals surface area contributed by atoms with Crippen LogP contribution >= 0.6 is 0 Å². The Hall–Kier alpha value is -3.80. The van der Waals surface area contributed by atoms with Crippen LogP contribution in [0.15, 0.2) is 71.7 Å². The van der Waals surface area contributed by atoms with Gasteiger partial charge >= 0.3 is 5.97 Å². The first-order valence-corrected chi connectivity index (χ1v) is 8.60. The number of esters is 1. The molecule has 0 saturated heterocycles. The Bertz CT molecular complexity index is 1060. The number of nitrogens with zero attached hydrogens (tertiary/aromatic N) is 2. The van der Waals surface area contributed by atoms with Crippen LogP contribution in [0.25, 0.3) is 0 Å². The number of hydrogen-bond acceptors (Lipinski definition) is 5. The minimum atomic E-state index is -0.652. The molecule has 0 unspecified atom stereocenters. The lowest BCUT2D eigenvalue weighted by Crippen LogP contribution is -2.08. The molecule has 0 aromatic heterocycles. The average molecular weight is 374 g/mol. The Morgan fingerprint density at radius 1 is 1.04 bits per heavy atom. The summed E-state index contributed by atoms with van der Waals surface area (Å²) < 4.78 is 5.28. The van der Waals surface area contributed by atoms with Gasteiger partial charge in [-0.2, -0.15) is 0 Å². The van der Waals surface area contributed by atoms with Gasteiger partial charge in [-0.15, -0.1) is 0 Å². The molecule has 0 fully saturated rings. The molecule has 0 aliphatic rings. The molecule has 3 aromatic rings. The number of rotatable bonds is 5. The van der Waals surface area contributed by atoms with Gasteiger partial charge in [-0.3, -0.25) is 15.1 Å². The summed E-state index contributed by atoms with van der Waals surface area (Å²) >= 11 is 0. The van der Waals surface area contributed by atoms with E-state index < -0.39 is 10.9 Å². The van der Waals surface area contributed by atoms with E-state index in [2.05, 4.69) is 11.1 Å². The molecule has 0 saturated carbocycles. The second-order valence-corrected chi connectivity index (χ2v) is 6.31. The van der Waals surface area contributed by atoms with Crippen LogP contribution in [0.1, 0.15) is 27.0 Å². The van der Waals surface area contributed by atoms with E-state index in [1.807, 2.05) is 26.0 Å². The molecular weight excluding hydrogens is 356 g/mol. The van der Waals surface area contributed by atoms with Crippen molar-refractivity contribution in [3.05, 3.63) is 99.1 Å². The summed E-state index contributed by atoms with van der Waals surface area (Å²) in [5.41, 5.74) is 3.99. The second kappa shape index (κ2) is 8.26. The van der Waals surface area contributed by atoms with E-state index in [9.17, 15) is 14.9 Å². The van der Waals surface area contributed by atoms with Crippen molar-refractivity contribution >= 4 is 23.6 Å². The zero-order valence-corrected chi connectivity index (χ0v) is 15.5. The van der Waals surface area contributed by atoms with E-state index in [0.29, 0.717) is 5.75 Å². The first kappa shape index (κ1) is 19.0. The van der Waals surface area contributed by atoms with E-state index in [1.165, 1.54) is 29.8 Å². The highest BCUT2D eigenvalue weighted by Crippen LogP contribution is 2.20. The molecule has 0 N–H and O–H groups in total. The summed E-state index contributed by atoms with van der Waals surface area (Å²) in [6.45, 7) is 4.05. The van der Waals surface area contributed by atoms with Gasteiger partial charge in [0, 0.05) is 18.3 Å². The van der Waals surface area contributed by atoms with Crippen molar-refractivity contribution in [2.45, 2.75) is 13.8 Å². The number of ether oxygens (including phenoxy) is 1. The fraction of sp³-hybridized carbons (Fsp3) is 0.0909. The highest BCUT2D eigenvalue weighted by atomic mass is 16.6. The van der Waals surface area contributed by atoms with Crippen LogP contribution in [0, 0.1) is 24.0 Å². The number of hydrogen-bond donors (Lipinski definition) is 0. The molecule has 6 heteroatoms. The highest BCUT2D eigenvalue weighted by molar-refractivity contribution is 5.92. The van der Waals surface area contributed by atoms with Gasteiger partial charge < -0.3 is 4.74 Å². The van der Waals surface area contributed by atoms with Crippen LogP contribution in [0.5, 0.6) is 5.75 Å². The zero-order valence-electron chi connectivity index (χ0n) is 15.5. The number of benzene rings is 3. The van der Waals surface area contributed by atoms with E-state index >= 15 is 0 Å². The summed E-state index contributed by atoms with van der Waals surface area (Å²) in [6.07, 6.45) is 1.74. The van der Waals surface area contributed by atoms with Crippen molar-refractivity contribution in [2.24, 2.45) is 4.99 Å². The molecule has 0 aliphatic carbocycles. The van der Waals surface area contributed by atoms with Gasteiger partial charge in [-0.05, 0) is 61.4 Å². The van der Waals surface area contributed by atoms with Crippen LogP contribution in [-0.4, -0.2) is 17.1 Å². The predicted octanol–water partition coefficient (Wildman–Crippen LogP) is 5.18. The Morgan fingerprint density at radius 2 is 1.79 bits per heavy atom. The van der Waals surface area contributed by atoms with Crippen molar-refractivity contribution in [2.75, 3.05) is 0 Å². The van der Waals surface area contributed by atoms with Gasteiger partial charge in [0.05, 0.1) is 16.2 Å². The fourth-order valence-electron chi connectivity index (χ4n) is 2.63. The quantitative estimate of drug-likeness (QED) is 0.202. The van der Waals surface area contributed by atoms with Crippen LogP contribution in [-0.2, 0) is 0 Å². The molecule has 0 aliphatic heterocycles. The smallest absolute Gasteiger partial charge is 0.343 e. The molecular formula is C22H18N2O4. The Kier molecular flexibility index (Phi) is 5.60. The number of carbonyl (C=O) groups excluding carboxylic acids is 1. The largest absolute Gasteiger partial charge is 0.423 e. The molecule has 0 radical (unpaired) electrons. The lowest BCUT2D eigenvalue weighted by Gasteiger charge is -2.05. The first-order chi connectivity index (χ1) is 13.4. The van der Waals surface area contributed by atoms with Crippen molar-refractivity contribution in [1.82, 2.24) is 0 Å². The van der Waals surface area contributed by atoms with E-state index in [4.69, 9.17) is 4.74 Å². The summed E-state index contributed by atoms with van der Waals surface area (Å²) in [7, 11) is 0. The Balaban J connectivity index is 1.69. The van der Waals surface area contributed by atoms with Crippen molar-refractivity contribution < 1.29 is 14.5 Å². The summed E-state index contributed by atoms with van der Waals surface area (Å²) in [6, 6.07) is 18.3. The van der Waals surface area contributed by atoms with Crippen LogP contribution in [0.2, 0.25) is 0 Å². The van der Waals surface area contributed by atoms with Crippen molar-refractivity contribution in [1.29, 1.82) is 0 Å². The average Bonchev–Trinajstić information content (AvgIpc) is 2.68. The maximum absolute atomic E-state index is 12.2. The van der Waals surface area contributed by atoms with Gasteiger partial charge in [-0.1, -0.05) is 23.8 Å². The summed E-state index contributed by atoms with van der Waals surface area (Å²) in [4.78, 5) is 26.9. The predicted molar refractivity (Wildman–Crippen MR) is 108 cm³/mol. The zero-order chi connectivity index (χ0) is 20.1. The standard InChI is InChI=1S/C22H18N2O4/c1-15-6-11-21(16(2)12-15)23-14-17-7-9-20(10-8-17)28-22(25)18-4-3-5-19(13-18)24(26)27/h3-14H,1-2H3. The van der Waals surface area contributed by atoms with Gasteiger partial charge in [0.25, 0.3) is 5.69 Å². The molecule has 0 heterocycles. The molecule has 0 atom stereocenters. The first-order valence-electron chi connectivity index (χ1n) is 8.60. The van der Waals surface area contributed by atoms with E-state index in [1.54, 1.807) is 30.5 Å². The highest BCUT2D eigenvalue weighted by Gasteiger charge is 2.13. The van der Waals surface area contributed by atoms with E-state index in [0.717, 1.165) is 16.8 Å². The summed E-state index contributed by atoms with van der Waals surface area (Å²) in [5, 5.41) is 10.8. The third-order valence-electron chi connectivity index (χ3n) is 4.09. The molecule has 3 aromatic carbocycles. The van der Waals surface area contributed by atoms with Crippen molar-refractivity contribution in [3.63, 3.8) is 0 Å². The Labute approximate surface area is 162 Å². The minimum absolute atomic E-state index is 0.120. The molecule has 0 spiro atoms. The van der Waals surface area contributed by atoms with E-state index in [-0.39, 0.29) is 11.3 Å². The number of carbonyl (C=O) groups is 1. The molecule has 140 valence electrons. The fourth-order valence-corrected chi connectivity index (χ4v) is 2.63. The van der Waals surface area contributed by atoms with Gasteiger partial charge in [0.15, 0.2) is 0 Å². The number of non-ortho nitro benzene ring substituents is 1. The number of nitro benzene ring substituents is 1. The molecule has 0 bridgehead atoms. The molecule has 3 rings (SSSR count). The lowest BCUT2D eigenvalue weighted by atomic mass is 10.1. The minimum Gasteiger partial charge on any atom is -0.423 e. The lowest BCUT2D eigenvalue weighted by molar-refractivity contribution is -0.384. The van der Waals surface area contributed by atoms with Gasteiger partial charge in [-0.25, -0.2) is 4.79 Å². The third kappa shape index (κ3) is 4.67. The van der Waals surface area contributed by atoms with Gasteiger partial charge in [0.2, 0.25) is 0 Å². The number of aryl methyl sites for hydroxylation is 2. The monoisotopic (exact) mass is 374 g/mol. The molecule has 0 amide bonds. The third-order valence-corrected chi connectivity index (χ3v) is 4.09. The van der Waals surface area contributed by atoms with Gasteiger partial charge in [0.1, 0.15) is 5.75 Å². The maximum Gasteiger partial charge on any atom is 0.343 e. The van der Waals surface area contributed by atoms with Crippen LogP contribution < -0.4 is 4.74 Å². The van der Waals surface area contributed by atoms with Crippen LogP contribution in [0.4, 0.5) is 11.4 Å². The Morgan fingerprint density at radius 3 is 2.46 bits per heavy atom. The SMILES string of the molecule is Cc1ccc(N=Cc2ccc(OC(=O)c3cccc([N+](=O)[O-])c3)cc2)c(C)c1. The van der Waals surface area contributed by atoms with Crippen molar-refractivity contribution in [3.8, 4) is 5.75 Å². The van der Waals surface area contributed by atoms with Crippen LogP contribution in [0.3, 0.4) is 0 Å². The second-order valence-electron chi connectivity index (χ2n) is 6.31. The maximum atomic E-state index is 12.2. The normalized spacial score (nSPS) is 10.8. The molecule has 6 nitrogen and oxygen atoms in total.